The van der Waals surface area contributed by atoms with Crippen molar-refractivity contribution in [2.45, 2.75) is 59.0 Å². The molecule has 1 aliphatic rings. The Morgan fingerprint density at radius 2 is 2.06 bits per heavy atom. The fourth-order valence-electron chi connectivity index (χ4n) is 2.51. The van der Waals surface area contributed by atoms with Crippen LogP contribution in [0.2, 0.25) is 0 Å². The van der Waals surface area contributed by atoms with E-state index in [4.69, 9.17) is 0 Å². The van der Waals surface area contributed by atoms with E-state index in [0.717, 1.165) is 24.9 Å². The van der Waals surface area contributed by atoms with Crippen LogP contribution in [0.5, 0.6) is 0 Å². The van der Waals surface area contributed by atoms with Crippen LogP contribution in [0, 0.1) is 11.8 Å². The maximum absolute atomic E-state index is 4.69. The van der Waals surface area contributed by atoms with Crippen molar-refractivity contribution in [1.82, 2.24) is 15.1 Å². The summed E-state index contributed by atoms with van der Waals surface area (Å²) < 4.78 is 2.18. The lowest BCUT2D eigenvalue weighted by Gasteiger charge is -2.15. The number of aromatic nitrogens is 2. The fourth-order valence-corrected chi connectivity index (χ4v) is 2.51. The standard InChI is InChI=1S/C15H27N3/c1-12(2)13(3)10-16-11-14-8-9-18(17-14)15-6-4-5-7-15/h8-9,12-13,15-16H,4-7,10-11H2,1-3H3. The largest absolute Gasteiger partial charge is 0.311 e. The Balaban J connectivity index is 1.76. The number of nitrogens with zero attached hydrogens (tertiary/aromatic N) is 2. The zero-order valence-electron chi connectivity index (χ0n) is 12.0. The molecule has 1 atom stereocenters. The molecule has 1 unspecified atom stereocenters. The van der Waals surface area contributed by atoms with Gasteiger partial charge in [0.15, 0.2) is 0 Å². The van der Waals surface area contributed by atoms with Gasteiger partial charge in [-0.2, -0.15) is 5.10 Å². The molecule has 0 amide bonds. The number of hydrogen-bond acceptors (Lipinski definition) is 2. The van der Waals surface area contributed by atoms with Gasteiger partial charge in [-0.3, -0.25) is 4.68 Å². The van der Waals surface area contributed by atoms with Gasteiger partial charge in [0.1, 0.15) is 0 Å². The first-order valence-corrected chi connectivity index (χ1v) is 7.41. The molecule has 1 saturated carbocycles. The van der Waals surface area contributed by atoms with Gasteiger partial charge < -0.3 is 5.32 Å². The summed E-state index contributed by atoms with van der Waals surface area (Å²) in [6.07, 6.45) is 7.49. The second-order valence-electron chi connectivity index (χ2n) is 6.08. The normalized spacial score (nSPS) is 18.7. The van der Waals surface area contributed by atoms with Crippen LogP contribution < -0.4 is 5.32 Å². The third-order valence-electron chi connectivity index (χ3n) is 4.27. The van der Waals surface area contributed by atoms with Crippen molar-refractivity contribution < 1.29 is 0 Å². The molecule has 102 valence electrons. The van der Waals surface area contributed by atoms with Crippen LogP contribution in [-0.4, -0.2) is 16.3 Å². The molecule has 0 aliphatic heterocycles. The zero-order valence-corrected chi connectivity index (χ0v) is 12.0. The third kappa shape index (κ3) is 3.58. The van der Waals surface area contributed by atoms with Gasteiger partial charge in [0.25, 0.3) is 0 Å². The van der Waals surface area contributed by atoms with Crippen LogP contribution in [0.4, 0.5) is 0 Å². The minimum atomic E-state index is 0.660. The summed E-state index contributed by atoms with van der Waals surface area (Å²) in [7, 11) is 0. The van der Waals surface area contributed by atoms with Gasteiger partial charge in [-0.15, -0.1) is 0 Å². The topological polar surface area (TPSA) is 29.9 Å². The molecule has 1 N–H and O–H groups in total. The van der Waals surface area contributed by atoms with Crippen LogP contribution >= 0.6 is 0 Å². The molecule has 1 heterocycles. The van der Waals surface area contributed by atoms with E-state index >= 15 is 0 Å². The Hall–Kier alpha value is -0.830. The molecule has 1 aliphatic carbocycles. The lowest BCUT2D eigenvalue weighted by Crippen LogP contribution is -2.24. The van der Waals surface area contributed by atoms with Crippen LogP contribution in [0.15, 0.2) is 12.3 Å². The first-order chi connectivity index (χ1) is 8.66. The molecule has 0 spiro atoms. The highest BCUT2D eigenvalue weighted by molar-refractivity contribution is 4.99. The van der Waals surface area contributed by atoms with E-state index in [0.29, 0.717) is 6.04 Å². The second kappa shape index (κ2) is 6.37. The van der Waals surface area contributed by atoms with Gasteiger partial charge in [0.05, 0.1) is 11.7 Å². The van der Waals surface area contributed by atoms with Gasteiger partial charge in [0.2, 0.25) is 0 Å². The summed E-state index contributed by atoms with van der Waals surface area (Å²) in [5.74, 6) is 1.47. The van der Waals surface area contributed by atoms with Crippen LogP contribution in [-0.2, 0) is 6.54 Å². The van der Waals surface area contributed by atoms with Gasteiger partial charge >= 0.3 is 0 Å². The van der Waals surface area contributed by atoms with Crippen molar-refractivity contribution in [3.63, 3.8) is 0 Å². The second-order valence-corrected chi connectivity index (χ2v) is 6.08. The van der Waals surface area contributed by atoms with E-state index in [-0.39, 0.29) is 0 Å². The maximum Gasteiger partial charge on any atom is 0.0762 e. The van der Waals surface area contributed by atoms with Gasteiger partial charge in [0, 0.05) is 12.7 Å². The average molecular weight is 249 g/mol. The predicted octanol–water partition coefficient (Wildman–Crippen LogP) is 3.38. The molecule has 2 rings (SSSR count). The summed E-state index contributed by atoms with van der Waals surface area (Å²) in [5.41, 5.74) is 1.18. The molecule has 0 saturated heterocycles. The van der Waals surface area contributed by atoms with Crippen LogP contribution in [0.3, 0.4) is 0 Å². The van der Waals surface area contributed by atoms with E-state index in [1.807, 2.05) is 0 Å². The minimum absolute atomic E-state index is 0.660. The summed E-state index contributed by atoms with van der Waals surface area (Å²) >= 11 is 0. The molecule has 1 aromatic heterocycles. The molecule has 3 heteroatoms. The van der Waals surface area contributed by atoms with Crippen molar-refractivity contribution >= 4 is 0 Å². The van der Waals surface area contributed by atoms with Crippen molar-refractivity contribution in [3.8, 4) is 0 Å². The lowest BCUT2D eigenvalue weighted by molar-refractivity contribution is 0.390. The number of hydrogen-bond donors (Lipinski definition) is 1. The van der Waals surface area contributed by atoms with E-state index in [9.17, 15) is 0 Å². The third-order valence-corrected chi connectivity index (χ3v) is 4.27. The predicted molar refractivity (Wildman–Crippen MR) is 75.4 cm³/mol. The first-order valence-electron chi connectivity index (χ1n) is 7.41. The van der Waals surface area contributed by atoms with Crippen molar-refractivity contribution in [2.75, 3.05) is 6.54 Å². The Morgan fingerprint density at radius 1 is 1.33 bits per heavy atom. The fraction of sp³-hybridized carbons (Fsp3) is 0.800. The molecular weight excluding hydrogens is 222 g/mol. The highest BCUT2D eigenvalue weighted by Gasteiger charge is 2.17. The quantitative estimate of drug-likeness (QED) is 0.837. The lowest BCUT2D eigenvalue weighted by atomic mass is 9.98. The van der Waals surface area contributed by atoms with Gasteiger partial charge in [-0.05, 0) is 37.3 Å². The highest BCUT2D eigenvalue weighted by atomic mass is 15.3. The Kier molecular flexibility index (Phi) is 4.81. The average Bonchev–Trinajstić information content (AvgIpc) is 2.98. The molecule has 18 heavy (non-hydrogen) atoms. The summed E-state index contributed by atoms with van der Waals surface area (Å²) in [4.78, 5) is 0. The van der Waals surface area contributed by atoms with Gasteiger partial charge in [-0.25, -0.2) is 0 Å². The number of rotatable bonds is 6. The molecule has 0 radical (unpaired) electrons. The molecule has 0 bridgehead atoms. The maximum atomic E-state index is 4.69. The SMILES string of the molecule is CC(C)C(C)CNCc1ccn(C2CCCC2)n1. The van der Waals surface area contributed by atoms with Crippen molar-refractivity contribution in [1.29, 1.82) is 0 Å². The van der Waals surface area contributed by atoms with E-state index < -0.39 is 0 Å². The highest BCUT2D eigenvalue weighted by Crippen LogP contribution is 2.28. The Morgan fingerprint density at radius 3 is 2.72 bits per heavy atom. The molecule has 0 aromatic carbocycles. The van der Waals surface area contributed by atoms with Crippen LogP contribution in [0.25, 0.3) is 0 Å². The molecule has 1 fully saturated rings. The summed E-state index contributed by atoms with van der Waals surface area (Å²) in [6, 6.07) is 2.82. The molecule has 1 aromatic rings. The van der Waals surface area contributed by atoms with Crippen LogP contribution in [0.1, 0.15) is 58.2 Å². The van der Waals surface area contributed by atoms with Crippen molar-refractivity contribution in [3.05, 3.63) is 18.0 Å². The Labute approximate surface area is 111 Å². The minimum Gasteiger partial charge on any atom is -0.311 e. The zero-order chi connectivity index (χ0) is 13.0. The monoisotopic (exact) mass is 249 g/mol. The molecule has 3 nitrogen and oxygen atoms in total. The first kappa shape index (κ1) is 13.6. The van der Waals surface area contributed by atoms with E-state index in [2.05, 4.69) is 48.1 Å². The van der Waals surface area contributed by atoms with Crippen molar-refractivity contribution in [2.24, 2.45) is 11.8 Å². The number of nitrogens with one attached hydrogen (secondary N) is 1. The van der Waals surface area contributed by atoms with Gasteiger partial charge in [-0.1, -0.05) is 33.6 Å². The van der Waals surface area contributed by atoms with E-state index in [1.54, 1.807) is 0 Å². The smallest absolute Gasteiger partial charge is 0.0762 e. The summed E-state index contributed by atoms with van der Waals surface area (Å²) in [5, 5.41) is 8.20. The Bertz CT molecular complexity index is 350. The summed E-state index contributed by atoms with van der Waals surface area (Å²) in [6.45, 7) is 8.84. The molecular formula is C15H27N3. The van der Waals surface area contributed by atoms with E-state index in [1.165, 1.54) is 31.4 Å².